The van der Waals surface area contributed by atoms with E-state index >= 15 is 4.39 Å². The number of amides is 1. The van der Waals surface area contributed by atoms with Crippen LogP contribution in [-0.2, 0) is 37.8 Å². The molecular formula is C35H43FN8O3. The van der Waals surface area contributed by atoms with Gasteiger partial charge < -0.3 is 29.4 Å². The average Bonchev–Trinajstić information content (AvgIpc) is 3.49. The van der Waals surface area contributed by atoms with Gasteiger partial charge >= 0.3 is 0 Å². The number of anilines is 4. The monoisotopic (exact) mass is 642 g/mol. The second-order valence-corrected chi connectivity index (χ2v) is 13.5. The smallest absolute Gasteiger partial charge is 0.274 e. The Morgan fingerprint density at radius 1 is 1.11 bits per heavy atom. The molecule has 0 aromatic carbocycles. The molecule has 5 heterocycles. The number of pyridine rings is 3. The van der Waals surface area contributed by atoms with E-state index in [0.717, 1.165) is 49.5 Å². The van der Waals surface area contributed by atoms with Crippen molar-refractivity contribution < 1.29 is 14.3 Å². The second-order valence-electron chi connectivity index (χ2n) is 13.5. The van der Waals surface area contributed by atoms with Crippen molar-refractivity contribution in [3.63, 3.8) is 0 Å². The van der Waals surface area contributed by atoms with Crippen LogP contribution in [0.1, 0.15) is 36.4 Å². The quantitative estimate of drug-likeness (QED) is 0.251. The summed E-state index contributed by atoms with van der Waals surface area (Å²) in [5.74, 6) is 0.681. The maximum atomic E-state index is 15.1. The molecule has 0 saturated carbocycles. The zero-order valence-corrected chi connectivity index (χ0v) is 27.8. The van der Waals surface area contributed by atoms with Gasteiger partial charge in [0.15, 0.2) is 0 Å². The predicted octanol–water partition coefficient (Wildman–Crippen LogP) is 3.87. The number of carbonyl (C=O) groups excluding carboxylic acids is 1. The highest BCUT2D eigenvalue weighted by atomic mass is 19.1. The number of aryl methyl sites for hydroxylation is 1. The third-order valence-electron chi connectivity index (χ3n) is 9.49. The number of halogens is 1. The summed E-state index contributed by atoms with van der Waals surface area (Å²) in [7, 11) is 3.78. The number of aliphatic hydroxyl groups excluding tert-OH is 1. The van der Waals surface area contributed by atoms with Crippen molar-refractivity contribution >= 4 is 29.4 Å². The van der Waals surface area contributed by atoms with Crippen LogP contribution < -0.4 is 20.7 Å². The summed E-state index contributed by atoms with van der Waals surface area (Å²) in [6.07, 6.45) is 7.23. The van der Waals surface area contributed by atoms with E-state index in [-0.39, 0.29) is 29.9 Å². The first-order chi connectivity index (χ1) is 22.5. The average molecular weight is 643 g/mol. The fraction of sp³-hybridized carbons (Fsp3) is 0.429. The van der Waals surface area contributed by atoms with Crippen LogP contribution >= 0.6 is 0 Å². The number of nitrogens with zero attached hydrogens (tertiary/aromatic N) is 7. The fourth-order valence-electron chi connectivity index (χ4n) is 6.88. The Kier molecular flexibility index (Phi) is 8.91. The minimum atomic E-state index is -0.384. The van der Waals surface area contributed by atoms with Gasteiger partial charge in [0.1, 0.15) is 23.1 Å². The van der Waals surface area contributed by atoms with E-state index in [2.05, 4.69) is 46.0 Å². The first-order valence-electron chi connectivity index (χ1n) is 16.0. The largest absolute Gasteiger partial charge is 0.392 e. The van der Waals surface area contributed by atoms with Crippen molar-refractivity contribution in [2.75, 3.05) is 54.9 Å². The van der Waals surface area contributed by atoms with Gasteiger partial charge in [-0.05, 0) is 62.1 Å². The molecule has 1 saturated heterocycles. The molecule has 11 nitrogen and oxygen atoms in total. The van der Waals surface area contributed by atoms with Crippen LogP contribution in [0.2, 0.25) is 0 Å². The Labute approximate surface area is 274 Å². The molecule has 47 heavy (non-hydrogen) atoms. The molecule has 12 heteroatoms. The predicted molar refractivity (Wildman–Crippen MR) is 182 cm³/mol. The highest BCUT2D eigenvalue weighted by Crippen LogP contribution is 2.40. The Morgan fingerprint density at radius 2 is 1.87 bits per heavy atom. The van der Waals surface area contributed by atoms with Crippen molar-refractivity contribution in [2.45, 2.75) is 46.8 Å². The molecule has 0 bridgehead atoms. The van der Waals surface area contributed by atoms with Crippen LogP contribution in [-0.4, -0.2) is 75.3 Å². The van der Waals surface area contributed by atoms with Crippen LogP contribution in [0.5, 0.6) is 0 Å². The molecule has 0 atom stereocenters. The van der Waals surface area contributed by atoms with Crippen LogP contribution in [0, 0.1) is 18.2 Å². The number of likely N-dealkylation sites (N-methyl/N-ethyl adjacent to an activating group) is 1. The summed E-state index contributed by atoms with van der Waals surface area (Å²) < 4.78 is 18.5. The Balaban J connectivity index is 1.25. The molecule has 248 valence electrons. The SMILES string of the molecule is Cc1c(F)c2c(n1CCN(C=O)c1nccc(-c3cc(Nc4ccc(N5CCN(C)CC5)cn4)c(=O)n(C)c3)c1CO)CC(C)(C)C2. The van der Waals surface area contributed by atoms with Crippen LogP contribution in [0.4, 0.5) is 27.4 Å². The van der Waals surface area contributed by atoms with E-state index < -0.39 is 0 Å². The highest BCUT2D eigenvalue weighted by molar-refractivity contribution is 5.81. The van der Waals surface area contributed by atoms with Crippen molar-refractivity contribution in [3.05, 3.63) is 81.5 Å². The van der Waals surface area contributed by atoms with E-state index in [1.807, 2.05) is 22.9 Å². The summed E-state index contributed by atoms with van der Waals surface area (Å²) in [5, 5.41) is 13.7. The zero-order chi connectivity index (χ0) is 33.5. The number of piperazine rings is 1. The van der Waals surface area contributed by atoms with Crippen molar-refractivity contribution in [2.24, 2.45) is 12.5 Å². The lowest BCUT2D eigenvalue weighted by molar-refractivity contribution is -0.107. The minimum absolute atomic E-state index is 0.0150. The fourth-order valence-corrected chi connectivity index (χ4v) is 6.88. The van der Waals surface area contributed by atoms with Gasteiger partial charge in [-0.3, -0.25) is 14.5 Å². The number of hydrogen-bond donors (Lipinski definition) is 2. The van der Waals surface area contributed by atoms with Gasteiger partial charge in [0.05, 0.1) is 24.2 Å². The topological polar surface area (TPSA) is 112 Å². The lowest BCUT2D eigenvalue weighted by Crippen LogP contribution is -2.44. The maximum Gasteiger partial charge on any atom is 0.274 e. The highest BCUT2D eigenvalue weighted by Gasteiger charge is 2.35. The normalized spacial score (nSPS) is 15.9. The van der Waals surface area contributed by atoms with E-state index in [4.69, 9.17) is 0 Å². The summed E-state index contributed by atoms with van der Waals surface area (Å²) >= 11 is 0. The van der Waals surface area contributed by atoms with Crippen molar-refractivity contribution in [1.29, 1.82) is 0 Å². The van der Waals surface area contributed by atoms with Gasteiger partial charge in [-0.1, -0.05) is 13.8 Å². The van der Waals surface area contributed by atoms with Gasteiger partial charge in [-0.15, -0.1) is 0 Å². The van der Waals surface area contributed by atoms with Gasteiger partial charge in [-0.25, -0.2) is 14.4 Å². The Bertz CT molecular complexity index is 1840. The molecule has 1 fully saturated rings. The van der Waals surface area contributed by atoms with Crippen LogP contribution in [0.3, 0.4) is 0 Å². The Morgan fingerprint density at radius 3 is 2.55 bits per heavy atom. The molecule has 1 aliphatic heterocycles. The third-order valence-corrected chi connectivity index (χ3v) is 9.49. The second kappa shape index (κ2) is 12.9. The number of aromatic nitrogens is 4. The number of carbonyl (C=O) groups is 1. The molecule has 1 aliphatic carbocycles. The number of aliphatic hydroxyl groups is 1. The summed E-state index contributed by atoms with van der Waals surface area (Å²) in [5.41, 5.74) is 5.15. The summed E-state index contributed by atoms with van der Waals surface area (Å²) in [6, 6.07) is 7.34. The van der Waals surface area contributed by atoms with Gasteiger partial charge in [-0.2, -0.15) is 0 Å². The molecule has 2 aliphatic rings. The first-order valence-corrected chi connectivity index (χ1v) is 16.0. The maximum absolute atomic E-state index is 15.1. The number of hydrogen-bond acceptors (Lipinski definition) is 8. The van der Waals surface area contributed by atoms with Crippen LogP contribution in [0.25, 0.3) is 11.1 Å². The Hall–Kier alpha value is -4.55. The third kappa shape index (κ3) is 6.39. The molecular weight excluding hydrogens is 599 g/mol. The zero-order valence-electron chi connectivity index (χ0n) is 27.8. The summed E-state index contributed by atoms with van der Waals surface area (Å²) in [6.45, 7) is 10.1. The lowest BCUT2D eigenvalue weighted by atomic mass is 9.90. The molecule has 4 aromatic rings. The first kappa shape index (κ1) is 32.4. The summed E-state index contributed by atoms with van der Waals surface area (Å²) in [4.78, 5) is 40.7. The standard InChI is InChI=1S/C35H43FN8O3/c1-23-32(36)27-17-35(2,3)18-30(27)44(23)15-14-43(22-46)33-28(21-45)26(8-9-37-33)24-16-29(34(47)41(5)20-24)39-31-7-6-25(19-38-31)42-12-10-40(4)11-13-42/h6-9,16,19-20,22,45H,10-15,17-18,21H2,1-5H3,(H,38,39). The van der Waals surface area contributed by atoms with Gasteiger partial charge in [0, 0.05) is 81.1 Å². The number of nitrogens with one attached hydrogen (secondary N) is 1. The molecule has 4 aromatic heterocycles. The van der Waals surface area contributed by atoms with Crippen molar-refractivity contribution in [1.82, 2.24) is 24.0 Å². The molecule has 2 N–H and O–H groups in total. The molecule has 0 radical (unpaired) electrons. The van der Waals surface area contributed by atoms with E-state index in [1.165, 1.54) is 9.47 Å². The number of fused-ring (bicyclic) bond motifs is 1. The van der Waals surface area contributed by atoms with Crippen molar-refractivity contribution in [3.8, 4) is 11.1 Å². The lowest BCUT2D eigenvalue weighted by Gasteiger charge is -2.33. The molecule has 1 amide bonds. The van der Waals surface area contributed by atoms with Crippen LogP contribution in [0.15, 0.2) is 47.7 Å². The number of rotatable bonds is 10. The van der Waals surface area contributed by atoms with E-state index in [1.54, 1.807) is 38.5 Å². The minimum Gasteiger partial charge on any atom is -0.392 e. The van der Waals surface area contributed by atoms with E-state index in [9.17, 15) is 14.7 Å². The molecule has 6 rings (SSSR count). The molecule has 0 spiro atoms. The van der Waals surface area contributed by atoms with E-state index in [0.29, 0.717) is 59.1 Å². The van der Waals surface area contributed by atoms with Gasteiger partial charge in [0.25, 0.3) is 5.56 Å². The van der Waals surface area contributed by atoms with Gasteiger partial charge in [0.2, 0.25) is 6.41 Å². The molecule has 0 unspecified atom stereocenters.